The van der Waals surface area contributed by atoms with E-state index < -0.39 is 0 Å². The van der Waals surface area contributed by atoms with Crippen molar-refractivity contribution in [2.24, 2.45) is 0 Å². The Morgan fingerprint density at radius 3 is 2.69 bits per heavy atom. The van der Waals surface area contributed by atoms with Gasteiger partial charge in [0.05, 0.1) is 11.9 Å². The van der Waals surface area contributed by atoms with E-state index in [1.807, 2.05) is 49.5 Å². The zero-order valence-electron chi connectivity index (χ0n) is 14.6. The monoisotopic (exact) mass is 362 g/mol. The highest BCUT2D eigenvalue weighted by Crippen LogP contribution is 2.29. The van der Waals surface area contributed by atoms with Crippen LogP contribution in [0.3, 0.4) is 0 Å². The zero-order chi connectivity index (χ0) is 18.1. The quantitative estimate of drug-likeness (QED) is 0.505. The fourth-order valence-electron chi connectivity index (χ4n) is 2.95. The van der Waals surface area contributed by atoms with Crippen LogP contribution in [-0.2, 0) is 6.54 Å². The molecule has 0 fully saturated rings. The summed E-state index contributed by atoms with van der Waals surface area (Å²) in [4.78, 5) is 15.8. The molecular formula is C21H18N2O2S. The van der Waals surface area contributed by atoms with Gasteiger partial charge < -0.3 is 9.42 Å². The predicted octanol–water partition coefficient (Wildman–Crippen LogP) is 5.14. The first kappa shape index (κ1) is 16.5. The molecule has 2 aromatic carbocycles. The second-order valence-corrected chi connectivity index (χ2v) is 7.30. The predicted molar refractivity (Wildman–Crippen MR) is 104 cm³/mol. The molecule has 0 aliphatic rings. The van der Waals surface area contributed by atoms with Crippen LogP contribution < -0.4 is 0 Å². The molecular weight excluding hydrogens is 344 g/mol. The van der Waals surface area contributed by atoms with Crippen LogP contribution in [0.2, 0.25) is 0 Å². The molecule has 0 radical (unpaired) electrons. The van der Waals surface area contributed by atoms with Gasteiger partial charge in [0.2, 0.25) is 0 Å². The number of nitrogens with zero attached hydrogens (tertiary/aromatic N) is 2. The number of carbonyl (C=O) groups excluding carboxylic acids is 1. The Balaban J connectivity index is 1.66. The lowest BCUT2D eigenvalue weighted by molar-refractivity contribution is 0.0786. The van der Waals surface area contributed by atoms with Crippen molar-refractivity contribution in [1.82, 2.24) is 10.1 Å². The number of hydrogen-bond donors (Lipinski definition) is 0. The highest BCUT2D eigenvalue weighted by atomic mass is 32.1. The van der Waals surface area contributed by atoms with Gasteiger partial charge in [0.1, 0.15) is 5.52 Å². The average molecular weight is 362 g/mol. The molecule has 0 saturated carbocycles. The Labute approximate surface area is 155 Å². The molecule has 4 nitrogen and oxygen atoms in total. The van der Waals surface area contributed by atoms with Crippen LogP contribution >= 0.6 is 11.3 Å². The Morgan fingerprint density at radius 1 is 1.15 bits per heavy atom. The average Bonchev–Trinajstić information content (AvgIpc) is 3.27. The number of fused-ring (bicyclic) bond motifs is 1. The molecule has 0 aliphatic heterocycles. The third-order valence-corrected chi connectivity index (χ3v) is 5.46. The van der Waals surface area contributed by atoms with Gasteiger partial charge in [0, 0.05) is 23.1 Å². The fraction of sp³-hybridized carbons (Fsp3) is 0.143. The van der Waals surface area contributed by atoms with Crippen molar-refractivity contribution in [3.8, 4) is 11.3 Å². The molecule has 0 aliphatic carbocycles. The number of amides is 1. The van der Waals surface area contributed by atoms with E-state index in [0.717, 1.165) is 16.5 Å². The summed E-state index contributed by atoms with van der Waals surface area (Å²) in [6.07, 6.45) is 0. The molecule has 0 spiro atoms. The van der Waals surface area contributed by atoms with Gasteiger partial charge in [-0.05, 0) is 42.1 Å². The minimum absolute atomic E-state index is 0.0140. The van der Waals surface area contributed by atoms with E-state index in [2.05, 4.69) is 23.5 Å². The molecule has 0 bridgehead atoms. The first-order chi connectivity index (χ1) is 12.6. The molecule has 0 unspecified atom stereocenters. The van der Waals surface area contributed by atoms with Crippen molar-refractivity contribution in [2.45, 2.75) is 13.5 Å². The van der Waals surface area contributed by atoms with Gasteiger partial charge in [-0.2, -0.15) is 0 Å². The van der Waals surface area contributed by atoms with Crippen LogP contribution in [0.15, 0.2) is 64.5 Å². The lowest BCUT2D eigenvalue weighted by atomic mass is 10.1. The minimum atomic E-state index is -0.0140. The SMILES string of the molecule is Cc1ccsc1CN(C)C(=O)c1ccc2noc(-c3ccccc3)c2c1. The van der Waals surface area contributed by atoms with Crippen LogP contribution in [0.5, 0.6) is 0 Å². The smallest absolute Gasteiger partial charge is 0.253 e. The second-order valence-electron chi connectivity index (χ2n) is 6.30. The van der Waals surface area contributed by atoms with Crippen molar-refractivity contribution in [3.05, 3.63) is 76.0 Å². The summed E-state index contributed by atoms with van der Waals surface area (Å²) < 4.78 is 5.52. The van der Waals surface area contributed by atoms with Crippen LogP contribution in [0.25, 0.3) is 22.2 Å². The standard InChI is InChI=1S/C21H18N2O2S/c1-14-10-11-26-19(14)13-23(2)21(24)16-8-9-18-17(12-16)20(25-22-18)15-6-4-3-5-7-15/h3-12H,13H2,1-2H3. The van der Waals surface area contributed by atoms with Crippen LogP contribution in [0, 0.1) is 6.92 Å². The van der Waals surface area contributed by atoms with E-state index in [-0.39, 0.29) is 5.91 Å². The first-order valence-electron chi connectivity index (χ1n) is 8.37. The van der Waals surface area contributed by atoms with Crippen molar-refractivity contribution in [3.63, 3.8) is 0 Å². The number of aryl methyl sites for hydroxylation is 1. The molecule has 26 heavy (non-hydrogen) atoms. The van der Waals surface area contributed by atoms with E-state index in [0.29, 0.717) is 17.9 Å². The molecule has 0 N–H and O–H groups in total. The molecule has 4 aromatic rings. The van der Waals surface area contributed by atoms with E-state index >= 15 is 0 Å². The third-order valence-electron chi connectivity index (χ3n) is 4.46. The normalized spacial score (nSPS) is 11.0. The van der Waals surface area contributed by atoms with Crippen molar-refractivity contribution in [1.29, 1.82) is 0 Å². The van der Waals surface area contributed by atoms with Crippen molar-refractivity contribution in [2.75, 3.05) is 7.05 Å². The number of aromatic nitrogens is 1. The lowest BCUT2D eigenvalue weighted by Crippen LogP contribution is -2.26. The van der Waals surface area contributed by atoms with Gasteiger partial charge in [0.15, 0.2) is 5.76 Å². The minimum Gasteiger partial charge on any atom is -0.355 e. The Kier molecular flexibility index (Phi) is 4.31. The lowest BCUT2D eigenvalue weighted by Gasteiger charge is -2.17. The molecule has 0 atom stereocenters. The van der Waals surface area contributed by atoms with Crippen LogP contribution in [0.1, 0.15) is 20.8 Å². The molecule has 130 valence electrons. The van der Waals surface area contributed by atoms with E-state index in [4.69, 9.17) is 4.52 Å². The summed E-state index contributed by atoms with van der Waals surface area (Å²) >= 11 is 1.68. The highest BCUT2D eigenvalue weighted by Gasteiger charge is 2.17. The molecule has 2 aromatic heterocycles. The summed E-state index contributed by atoms with van der Waals surface area (Å²) in [5.74, 6) is 0.673. The van der Waals surface area contributed by atoms with Crippen molar-refractivity contribution >= 4 is 28.1 Å². The molecule has 4 rings (SSSR count). The molecule has 2 heterocycles. The first-order valence-corrected chi connectivity index (χ1v) is 9.25. The summed E-state index contributed by atoms with van der Waals surface area (Å²) in [6, 6.07) is 17.4. The summed E-state index contributed by atoms with van der Waals surface area (Å²) in [7, 11) is 1.83. The Morgan fingerprint density at radius 2 is 1.96 bits per heavy atom. The highest BCUT2D eigenvalue weighted by molar-refractivity contribution is 7.10. The van der Waals surface area contributed by atoms with E-state index in [1.54, 1.807) is 22.3 Å². The van der Waals surface area contributed by atoms with Gasteiger partial charge >= 0.3 is 0 Å². The van der Waals surface area contributed by atoms with Gasteiger partial charge in [-0.15, -0.1) is 11.3 Å². The molecule has 5 heteroatoms. The number of carbonyl (C=O) groups is 1. The number of hydrogen-bond acceptors (Lipinski definition) is 4. The van der Waals surface area contributed by atoms with Gasteiger partial charge in [-0.1, -0.05) is 35.5 Å². The number of rotatable bonds is 4. The third kappa shape index (κ3) is 3.02. The largest absolute Gasteiger partial charge is 0.355 e. The summed E-state index contributed by atoms with van der Waals surface area (Å²) in [6.45, 7) is 2.68. The maximum atomic E-state index is 12.9. The number of thiophene rings is 1. The molecule has 1 amide bonds. The topological polar surface area (TPSA) is 46.3 Å². The van der Waals surface area contributed by atoms with Gasteiger partial charge in [0.25, 0.3) is 5.91 Å². The maximum absolute atomic E-state index is 12.9. The molecule has 0 saturated heterocycles. The maximum Gasteiger partial charge on any atom is 0.253 e. The second kappa shape index (κ2) is 6.77. The van der Waals surface area contributed by atoms with Crippen molar-refractivity contribution < 1.29 is 9.32 Å². The van der Waals surface area contributed by atoms with Gasteiger partial charge in [-0.3, -0.25) is 4.79 Å². The Bertz CT molecular complexity index is 1070. The summed E-state index contributed by atoms with van der Waals surface area (Å²) in [5, 5.41) is 7.02. The zero-order valence-corrected chi connectivity index (χ0v) is 15.4. The Hall–Kier alpha value is -2.92. The van der Waals surface area contributed by atoms with E-state index in [1.165, 1.54) is 10.4 Å². The van der Waals surface area contributed by atoms with E-state index in [9.17, 15) is 4.79 Å². The number of benzene rings is 2. The summed E-state index contributed by atoms with van der Waals surface area (Å²) in [5.41, 5.74) is 3.55. The van der Waals surface area contributed by atoms with Crippen LogP contribution in [-0.4, -0.2) is 23.0 Å². The van der Waals surface area contributed by atoms with Gasteiger partial charge in [-0.25, -0.2) is 0 Å². The van der Waals surface area contributed by atoms with Crippen LogP contribution in [0.4, 0.5) is 0 Å². The fourth-order valence-corrected chi connectivity index (χ4v) is 3.90.